The second kappa shape index (κ2) is 13.5. The number of Topliss-reactive ketones (excluding diaryl/α,β-unsaturated/α-hetero) is 1. The van der Waals surface area contributed by atoms with Gasteiger partial charge in [0.25, 0.3) is 16.0 Å². The van der Waals surface area contributed by atoms with Crippen molar-refractivity contribution >= 4 is 33.5 Å². The third kappa shape index (κ3) is 9.50. The molecule has 1 amide bonds. The van der Waals surface area contributed by atoms with Gasteiger partial charge in [-0.25, -0.2) is 4.68 Å². The van der Waals surface area contributed by atoms with Gasteiger partial charge in [0.05, 0.1) is 28.8 Å². The van der Waals surface area contributed by atoms with E-state index in [2.05, 4.69) is 10.4 Å². The second-order valence-corrected chi connectivity index (χ2v) is 14.1. The molecule has 2 aliphatic rings. The van der Waals surface area contributed by atoms with Crippen LogP contribution in [0.25, 0.3) is 5.69 Å². The van der Waals surface area contributed by atoms with Crippen LogP contribution in [0, 0.1) is 11.3 Å². The molecule has 1 atom stereocenters. The molecule has 1 saturated carbocycles. The molecule has 45 heavy (non-hydrogen) atoms. The highest BCUT2D eigenvalue weighted by molar-refractivity contribution is 7.85. The van der Waals surface area contributed by atoms with Crippen molar-refractivity contribution in [1.29, 1.82) is 0 Å². The van der Waals surface area contributed by atoms with Crippen LogP contribution in [0.15, 0.2) is 18.2 Å². The fourth-order valence-corrected chi connectivity index (χ4v) is 5.42. The molecule has 0 spiro atoms. The molecule has 1 aromatic heterocycles. The number of carbonyl (C=O) groups is 3. The van der Waals surface area contributed by atoms with Gasteiger partial charge in [-0.3, -0.25) is 18.9 Å². The highest BCUT2D eigenvalue weighted by atomic mass is 32.2. The fourth-order valence-electron chi connectivity index (χ4n) is 5.42. The summed E-state index contributed by atoms with van der Waals surface area (Å²) in [5.41, 5.74) is 10.3. The number of alkyl halides is 3. The van der Waals surface area contributed by atoms with Crippen molar-refractivity contribution in [3.05, 3.63) is 40.7 Å². The number of benzene rings is 1. The molecule has 1 fully saturated rings. The summed E-state index contributed by atoms with van der Waals surface area (Å²) < 4.78 is 74.2. The van der Waals surface area contributed by atoms with Gasteiger partial charge in [-0.1, -0.05) is 27.7 Å². The number of primary amides is 1. The van der Waals surface area contributed by atoms with Gasteiger partial charge in [-0.2, -0.15) is 26.7 Å². The Morgan fingerprint density at radius 3 is 2.24 bits per heavy atom. The summed E-state index contributed by atoms with van der Waals surface area (Å²) in [4.78, 5) is 37.2. The van der Waals surface area contributed by atoms with Crippen molar-refractivity contribution in [1.82, 2.24) is 9.78 Å². The summed E-state index contributed by atoms with van der Waals surface area (Å²) in [6.45, 7) is 7.34. The minimum Gasteiger partial charge on any atom is -0.461 e. The van der Waals surface area contributed by atoms with Gasteiger partial charge < -0.3 is 21.5 Å². The van der Waals surface area contributed by atoms with Crippen LogP contribution in [0.4, 0.5) is 18.9 Å². The van der Waals surface area contributed by atoms with Crippen LogP contribution >= 0.6 is 0 Å². The molecule has 16 heteroatoms. The first kappa shape index (κ1) is 36.0. The zero-order chi connectivity index (χ0) is 34.1. The Kier molecular flexibility index (Phi) is 10.8. The maximum absolute atomic E-state index is 13.9. The molecule has 2 aromatic rings. The Bertz CT molecular complexity index is 1540. The van der Waals surface area contributed by atoms with Crippen molar-refractivity contribution in [2.75, 3.05) is 11.6 Å². The summed E-state index contributed by atoms with van der Waals surface area (Å²) in [5.74, 6) is -1.77. The quantitative estimate of drug-likeness (QED) is 0.250. The number of carbonyl (C=O) groups excluding carboxylic acids is 3. The number of nitrogens with two attached hydrogens (primary N) is 2. The maximum atomic E-state index is 13.9. The fraction of sp³-hybridized carbons (Fsp3) is 0.586. The van der Waals surface area contributed by atoms with Crippen molar-refractivity contribution in [2.45, 2.75) is 90.6 Å². The molecule has 2 aliphatic carbocycles. The van der Waals surface area contributed by atoms with Crippen molar-refractivity contribution in [3.63, 3.8) is 0 Å². The summed E-state index contributed by atoms with van der Waals surface area (Å²) >= 11 is 0. The van der Waals surface area contributed by atoms with E-state index in [9.17, 15) is 36.0 Å². The third-order valence-corrected chi connectivity index (χ3v) is 7.63. The summed E-state index contributed by atoms with van der Waals surface area (Å²) in [6, 6.07) is 3.66. The van der Waals surface area contributed by atoms with Crippen molar-refractivity contribution in [3.8, 4) is 5.69 Å². The van der Waals surface area contributed by atoms with E-state index in [1.54, 1.807) is 0 Å². The van der Waals surface area contributed by atoms with E-state index in [1.165, 1.54) is 18.2 Å². The van der Waals surface area contributed by atoms with Crippen LogP contribution in [0.3, 0.4) is 0 Å². The predicted octanol–water partition coefficient (Wildman–Crippen LogP) is 3.90. The number of anilines is 1. The summed E-state index contributed by atoms with van der Waals surface area (Å²) in [5, 5.41) is 7.15. The average Bonchev–Trinajstić information content (AvgIpc) is 3.27. The van der Waals surface area contributed by atoms with Crippen LogP contribution in [0.5, 0.6) is 0 Å². The number of ether oxygens (including phenoxy) is 1. The lowest BCUT2D eigenvalue weighted by atomic mass is 9.75. The van der Waals surface area contributed by atoms with Crippen LogP contribution < -0.4 is 16.8 Å². The Morgan fingerprint density at radius 2 is 1.73 bits per heavy atom. The standard InChI is InChI=1S/C28H36F3N5O4.CH4O3S/c1-14(2)23(32)26(39)40-17-8-5-15(6-9-17)34-19-11-16(7-10-18(19)25(33)38)36-20-12-27(3,4)13-21(37)22(20)24(35-36)28(29,30)31;1-5(2,3)4/h7,10-11,14-15,17,23,34H,5-6,8-9,12-13,32H2,1-4H3,(H2,33,38);1H3,(H,2,3,4)/t15-,17-,23-;/m0./s1. The van der Waals surface area contributed by atoms with Crippen LogP contribution in [-0.4, -0.2) is 64.9 Å². The Morgan fingerprint density at radius 1 is 1.16 bits per heavy atom. The van der Waals surface area contributed by atoms with E-state index in [0.29, 0.717) is 37.6 Å². The highest BCUT2D eigenvalue weighted by Crippen LogP contribution is 2.42. The number of fused-ring (bicyclic) bond motifs is 1. The Hall–Kier alpha value is -3.50. The molecule has 0 saturated heterocycles. The minimum atomic E-state index is -4.80. The van der Waals surface area contributed by atoms with Gasteiger partial charge in [-0.15, -0.1) is 0 Å². The zero-order valence-corrected chi connectivity index (χ0v) is 26.6. The topological polar surface area (TPSA) is 197 Å². The lowest BCUT2D eigenvalue weighted by molar-refractivity contribution is -0.153. The van der Waals surface area contributed by atoms with E-state index < -0.39 is 56.7 Å². The van der Waals surface area contributed by atoms with Gasteiger partial charge in [0.1, 0.15) is 12.1 Å². The van der Waals surface area contributed by atoms with E-state index in [-0.39, 0.29) is 47.9 Å². The number of rotatable bonds is 7. The largest absolute Gasteiger partial charge is 0.461 e. The Balaban J connectivity index is 0.00000102. The number of ketones is 1. The first-order valence-corrected chi connectivity index (χ1v) is 16.2. The summed E-state index contributed by atoms with van der Waals surface area (Å²) in [6.07, 6.45) is -1.74. The minimum absolute atomic E-state index is 0.0103. The number of hydrogen-bond donors (Lipinski definition) is 4. The second-order valence-electron chi connectivity index (χ2n) is 12.7. The predicted molar refractivity (Wildman–Crippen MR) is 160 cm³/mol. The normalized spacial score (nSPS) is 20.5. The molecule has 0 aliphatic heterocycles. The maximum Gasteiger partial charge on any atom is 0.435 e. The number of nitrogens with zero attached hydrogens (tertiary/aromatic N) is 2. The number of halogens is 3. The van der Waals surface area contributed by atoms with E-state index in [0.717, 1.165) is 4.68 Å². The molecule has 0 unspecified atom stereocenters. The molecule has 4 rings (SSSR count). The van der Waals surface area contributed by atoms with Gasteiger partial charge in [0.2, 0.25) is 0 Å². The van der Waals surface area contributed by atoms with E-state index in [4.69, 9.17) is 20.8 Å². The number of nitrogens with one attached hydrogen (secondary N) is 1. The van der Waals surface area contributed by atoms with Gasteiger partial charge in [-0.05, 0) is 61.6 Å². The molecular weight excluding hydrogens is 619 g/mol. The zero-order valence-electron chi connectivity index (χ0n) is 25.8. The lowest BCUT2D eigenvalue weighted by Gasteiger charge is -2.31. The van der Waals surface area contributed by atoms with Crippen molar-refractivity contribution < 1.29 is 45.3 Å². The molecular formula is C29H40F3N5O7S. The first-order chi connectivity index (χ1) is 20.6. The molecule has 1 aromatic carbocycles. The lowest BCUT2D eigenvalue weighted by Crippen LogP contribution is -2.40. The summed E-state index contributed by atoms with van der Waals surface area (Å²) in [7, 11) is -3.67. The average molecular weight is 660 g/mol. The molecule has 0 radical (unpaired) electrons. The molecule has 12 nitrogen and oxygen atoms in total. The van der Waals surface area contributed by atoms with E-state index >= 15 is 0 Å². The molecule has 250 valence electrons. The third-order valence-electron chi connectivity index (χ3n) is 7.63. The van der Waals surface area contributed by atoms with Gasteiger partial charge >= 0.3 is 12.1 Å². The molecule has 0 bridgehead atoms. The number of esters is 1. The Labute approximate surface area is 259 Å². The van der Waals surface area contributed by atoms with Crippen molar-refractivity contribution in [2.24, 2.45) is 22.8 Å². The smallest absolute Gasteiger partial charge is 0.435 e. The monoisotopic (exact) mass is 659 g/mol. The molecule has 6 N–H and O–H groups in total. The highest BCUT2D eigenvalue weighted by Gasteiger charge is 2.45. The number of amides is 1. The number of hydrogen-bond acceptors (Lipinski definition) is 9. The van der Waals surface area contributed by atoms with E-state index in [1.807, 2.05) is 27.7 Å². The SMILES string of the molecule is CC(C)[C@H](N)C(=O)O[C@H]1CC[C@H](Nc2cc(-n3nc(C(F)(F)F)c4c3CC(C)(C)CC4=O)ccc2C(N)=O)CC1.CS(=O)(=O)O. The van der Waals surface area contributed by atoms with Crippen LogP contribution in [0.1, 0.15) is 91.9 Å². The van der Waals surface area contributed by atoms with Gasteiger partial charge in [0, 0.05) is 18.2 Å². The first-order valence-electron chi connectivity index (χ1n) is 14.4. The van der Waals surface area contributed by atoms with Gasteiger partial charge in [0.15, 0.2) is 11.5 Å². The number of aromatic nitrogens is 2. The van der Waals surface area contributed by atoms with Crippen LogP contribution in [0.2, 0.25) is 0 Å². The molecule has 1 heterocycles. The van der Waals surface area contributed by atoms with Crippen LogP contribution in [-0.2, 0) is 32.2 Å².